The van der Waals surface area contributed by atoms with Crippen LogP contribution >= 0.6 is 0 Å². The normalized spacial score (nSPS) is 19.4. The number of hydrogen-bond donors (Lipinski definition) is 6. The average Bonchev–Trinajstić information content (AvgIpc) is 3.39. The summed E-state index contributed by atoms with van der Waals surface area (Å²) in [5.74, 6) is -0.175. The Morgan fingerprint density at radius 2 is 0.808 bits per heavy atom. The molecule has 7 unspecified atom stereocenters. The van der Waals surface area contributed by atoms with Gasteiger partial charge in [-0.2, -0.15) is 0 Å². The van der Waals surface area contributed by atoms with Gasteiger partial charge in [0.25, 0.3) is 0 Å². The lowest BCUT2D eigenvalue weighted by Gasteiger charge is -2.40. The molecule has 1 rings (SSSR count). The van der Waals surface area contributed by atoms with Crippen molar-refractivity contribution in [2.24, 2.45) is 0 Å². The van der Waals surface area contributed by atoms with E-state index in [4.69, 9.17) is 9.47 Å². The minimum atomic E-state index is -1.57. The third kappa shape index (κ3) is 42.9. The predicted octanol–water partition coefficient (Wildman–Crippen LogP) is 16.1. The number of ether oxygens (including phenoxy) is 2. The van der Waals surface area contributed by atoms with E-state index in [2.05, 4.69) is 55.6 Å². The highest BCUT2D eigenvalue weighted by molar-refractivity contribution is 5.76. The van der Waals surface area contributed by atoms with Crippen LogP contribution in [0.25, 0.3) is 0 Å². The molecular weight excluding hydrogens is 911 g/mol. The van der Waals surface area contributed by atoms with E-state index in [1.165, 1.54) is 225 Å². The third-order valence-electron chi connectivity index (χ3n) is 14.9. The Labute approximate surface area is 450 Å². The molecule has 0 aliphatic carbocycles. The molecule has 9 nitrogen and oxygen atoms in total. The van der Waals surface area contributed by atoms with Crippen LogP contribution in [0, 0.1) is 0 Å². The second-order valence-electron chi connectivity index (χ2n) is 21.9. The van der Waals surface area contributed by atoms with Crippen LogP contribution in [-0.4, -0.2) is 87.5 Å². The average molecular weight is 1030 g/mol. The lowest BCUT2D eigenvalue weighted by Crippen LogP contribution is -2.60. The van der Waals surface area contributed by atoms with Crippen molar-refractivity contribution in [1.29, 1.82) is 0 Å². The monoisotopic (exact) mass is 1030 g/mol. The Kier molecular flexibility index (Phi) is 50.7. The summed E-state index contributed by atoms with van der Waals surface area (Å²) in [5.41, 5.74) is 0. The molecule has 0 radical (unpaired) electrons. The second kappa shape index (κ2) is 53.5. The lowest BCUT2D eigenvalue weighted by molar-refractivity contribution is -0.302. The van der Waals surface area contributed by atoms with Gasteiger partial charge >= 0.3 is 0 Å². The highest BCUT2D eigenvalue weighted by Gasteiger charge is 2.44. The third-order valence-corrected chi connectivity index (χ3v) is 14.9. The van der Waals surface area contributed by atoms with E-state index in [-0.39, 0.29) is 12.5 Å². The molecule has 428 valence electrons. The summed E-state index contributed by atoms with van der Waals surface area (Å²) in [6, 6.07) is -0.807. The summed E-state index contributed by atoms with van der Waals surface area (Å²) in [5, 5.41) is 54.6. The van der Waals surface area contributed by atoms with Crippen LogP contribution in [0.5, 0.6) is 0 Å². The van der Waals surface area contributed by atoms with Gasteiger partial charge in [-0.3, -0.25) is 4.79 Å². The number of carbonyl (C=O) groups is 1. The van der Waals surface area contributed by atoms with Crippen molar-refractivity contribution in [2.45, 2.75) is 339 Å². The molecule has 0 aromatic carbocycles. The highest BCUT2D eigenvalue weighted by atomic mass is 16.7. The smallest absolute Gasteiger partial charge is 0.220 e. The molecule has 0 saturated carbocycles. The van der Waals surface area contributed by atoms with Gasteiger partial charge in [-0.1, -0.05) is 281 Å². The summed E-state index contributed by atoms with van der Waals surface area (Å²) in [6.45, 7) is 3.80. The van der Waals surface area contributed by atoms with E-state index in [9.17, 15) is 30.3 Å². The maximum Gasteiger partial charge on any atom is 0.220 e. The van der Waals surface area contributed by atoms with E-state index >= 15 is 0 Å². The van der Waals surface area contributed by atoms with E-state index in [0.29, 0.717) is 6.42 Å². The minimum Gasteiger partial charge on any atom is -0.394 e. The van der Waals surface area contributed by atoms with Gasteiger partial charge in [-0.25, -0.2) is 0 Å². The molecule has 1 fully saturated rings. The van der Waals surface area contributed by atoms with Gasteiger partial charge in [0, 0.05) is 6.42 Å². The van der Waals surface area contributed by atoms with Crippen molar-refractivity contribution in [3.63, 3.8) is 0 Å². The molecular formula is C64H119NO8. The van der Waals surface area contributed by atoms with Gasteiger partial charge in [0.05, 0.1) is 25.4 Å². The Bertz CT molecular complexity index is 1290. The number of aliphatic hydroxyl groups excluding tert-OH is 5. The maximum atomic E-state index is 13.1. The van der Waals surface area contributed by atoms with Crippen LogP contribution in [0.1, 0.15) is 296 Å². The van der Waals surface area contributed by atoms with Crippen molar-refractivity contribution >= 4 is 5.91 Å². The molecule has 1 heterocycles. The van der Waals surface area contributed by atoms with Crippen molar-refractivity contribution in [3.05, 3.63) is 48.6 Å². The van der Waals surface area contributed by atoms with Crippen molar-refractivity contribution in [3.8, 4) is 0 Å². The fourth-order valence-electron chi connectivity index (χ4n) is 9.93. The van der Waals surface area contributed by atoms with Crippen molar-refractivity contribution < 1.29 is 39.8 Å². The minimum absolute atomic E-state index is 0.175. The molecule has 7 atom stereocenters. The molecule has 1 aliphatic rings. The predicted molar refractivity (Wildman–Crippen MR) is 309 cm³/mol. The number of hydrogen-bond acceptors (Lipinski definition) is 8. The Balaban J connectivity index is 2.18. The zero-order chi connectivity index (χ0) is 52.9. The zero-order valence-electron chi connectivity index (χ0n) is 47.6. The molecule has 73 heavy (non-hydrogen) atoms. The Hall–Kier alpha value is -1.85. The Morgan fingerprint density at radius 3 is 1.19 bits per heavy atom. The first kappa shape index (κ1) is 69.2. The number of nitrogens with one attached hydrogen (secondary N) is 1. The molecule has 1 amide bonds. The van der Waals surface area contributed by atoms with Crippen LogP contribution in [0.4, 0.5) is 0 Å². The SMILES string of the molecule is CCCCCCC/C=C\C/C=C\C/C=C\CCCCCCCCCCCCCCCCC(=O)NC(COC1OC(CO)C(O)C(O)C1O)C(O)/C=C/CCCCCCCCCCCCCCCCCCCCC. The number of carbonyl (C=O) groups excluding carboxylic acids is 1. The fraction of sp³-hybridized carbons (Fsp3) is 0.859. The second-order valence-corrected chi connectivity index (χ2v) is 21.9. The topological polar surface area (TPSA) is 149 Å². The quantitative estimate of drug-likeness (QED) is 0.0261. The number of allylic oxidation sites excluding steroid dienone is 7. The molecule has 1 aliphatic heterocycles. The fourth-order valence-corrected chi connectivity index (χ4v) is 9.93. The number of aliphatic hydroxyl groups is 5. The van der Waals surface area contributed by atoms with Crippen LogP contribution in [-0.2, 0) is 14.3 Å². The Morgan fingerprint density at radius 1 is 0.466 bits per heavy atom. The van der Waals surface area contributed by atoms with Gasteiger partial charge in [0.2, 0.25) is 5.91 Å². The summed E-state index contributed by atoms with van der Waals surface area (Å²) in [7, 11) is 0. The van der Waals surface area contributed by atoms with Crippen LogP contribution in [0.15, 0.2) is 48.6 Å². The highest BCUT2D eigenvalue weighted by Crippen LogP contribution is 2.23. The van der Waals surface area contributed by atoms with Gasteiger partial charge in [0.15, 0.2) is 6.29 Å². The zero-order valence-corrected chi connectivity index (χ0v) is 47.6. The van der Waals surface area contributed by atoms with E-state index in [1.807, 2.05) is 6.08 Å². The van der Waals surface area contributed by atoms with Crippen LogP contribution in [0.3, 0.4) is 0 Å². The maximum absolute atomic E-state index is 13.1. The summed E-state index contributed by atoms with van der Waals surface area (Å²) in [4.78, 5) is 13.1. The van der Waals surface area contributed by atoms with Crippen LogP contribution in [0.2, 0.25) is 0 Å². The molecule has 6 N–H and O–H groups in total. The number of unbranched alkanes of at least 4 members (excludes halogenated alkanes) is 38. The molecule has 0 aromatic rings. The summed E-state index contributed by atoms with van der Waals surface area (Å²) >= 11 is 0. The first-order valence-electron chi connectivity index (χ1n) is 31.4. The molecule has 0 aromatic heterocycles. The van der Waals surface area contributed by atoms with E-state index < -0.39 is 49.5 Å². The van der Waals surface area contributed by atoms with Crippen molar-refractivity contribution in [2.75, 3.05) is 13.2 Å². The standard InChI is InChI=1S/C64H119NO8/c1-3-5-7-9-11-13-15-17-19-21-23-25-26-27-28-29-30-31-32-34-36-38-40-42-44-46-48-50-52-54-60(68)65-57(56-72-64-63(71)62(70)61(69)59(55-66)73-64)58(67)53-51-49-47-45-43-41-39-37-35-33-24-22-20-18-16-14-12-10-8-6-4-2/h15,17,21,23,26-27,51,53,57-59,61-64,66-67,69-71H,3-14,16,18-20,22,24-25,28-50,52,54-56H2,1-2H3,(H,65,68)/b17-15-,23-21-,27-26-,53-51+. The van der Waals surface area contributed by atoms with Gasteiger partial charge in [0.1, 0.15) is 24.4 Å². The molecule has 1 saturated heterocycles. The van der Waals surface area contributed by atoms with E-state index in [0.717, 1.165) is 51.4 Å². The number of rotatable bonds is 54. The van der Waals surface area contributed by atoms with Crippen molar-refractivity contribution in [1.82, 2.24) is 5.32 Å². The van der Waals surface area contributed by atoms with Gasteiger partial charge in [-0.15, -0.1) is 0 Å². The summed E-state index contributed by atoms with van der Waals surface area (Å²) < 4.78 is 11.3. The van der Waals surface area contributed by atoms with Gasteiger partial charge < -0.3 is 40.3 Å². The van der Waals surface area contributed by atoms with E-state index in [1.54, 1.807) is 6.08 Å². The molecule has 0 spiro atoms. The van der Waals surface area contributed by atoms with Gasteiger partial charge in [-0.05, 0) is 57.8 Å². The largest absolute Gasteiger partial charge is 0.394 e. The molecule has 9 heteroatoms. The summed E-state index contributed by atoms with van der Waals surface area (Å²) in [6.07, 6.45) is 64.7. The lowest BCUT2D eigenvalue weighted by atomic mass is 9.99. The molecule has 0 bridgehead atoms. The first-order valence-corrected chi connectivity index (χ1v) is 31.4. The first-order chi connectivity index (χ1) is 35.8. The number of amides is 1. The van der Waals surface area contributed by atoms with Crippen LogP contribution < -0.4 is 5.32 Å².